The Morgan fingerprint density at radius 2 is 1.63 bits per heavy atom. The zero-order valence-corrected chi connectivity index (χ0v) is 11.6. The standard InChI is InChI=1S/C13H22N2O4/c1-7(2)14-11(16)8(3)15-12(17)9-5-4-6-10(9)13(18)19/h7-10H,4-6H2,1-3H3,(H,14,16)(H,15,17)(H,18,19). The number of carbonyl (C=O) groups is 3. The minimum absolute atomic E-state index is 0.00472. The van der Waals surface area contributed by atoms with Crippen LogP contribution in [0.1, 0.15) is 40.0 Å². The number of nitrogens with one attached hydrogen (secondary N) is 2. The number of carboxylic acid groups (broad SMARTS) is 1. The highest BCUT2D eigenvalue weighted by Crippen LogP contribution is 2.32. The van der Waals surface area contributed by atoms with Crippen molar-refractivity contribution in [3.05, 3.63) is 0 Å². The van der Waals surface area contributed by atoms with E-state index in [1.165, 1.54) is 0 Å². The van der Waals surface area contributed by atoms with Gasteiger partial charge in [-0.3, -0.25) is 14.4 Å². The maximum absolute atomic E-state index is 12.0. The van der Waals surface area contributed by atoms with E-state index in [0.717, 1.165) is 6.42 Å². The fourth-order valence-corrected chi connectivity index (χ4v) is 2.36. The molecule has 0 aromatic rings. The van der Waals surface area contributed by atoms with Crippen LogP contribution < -0.4 is 10.6 Å². The first-order chi connectivity index (χ1) is 8.82. The van der Waals surface area contributed by atoms with Crippen LogP contribution in [0.3, 0.4) is 0 Å². The van der Waals surface area contributed by atoms with E-state index in [-0.39, 0.29) is 17.9 Å². The summed E-state index contributed by atoms with van der Waals surface area (Å²) in [5.41, 5.74) is 0. The van der Waals surface area contributed by atoms with Crippen LogP contribution in [0.5, 0.6) is 0 Å². The third kappa shape index (κ3) is 4.22. The Bertz CT molecular complexity index is 368. The van der Waals surface area contributed by atoms with Gasteiger partial charge in [0.1, 0.15) is 6.04 Å². The van der Waals surface area contributed by atoms with Crippen molar-refractivity contribution in [1.82, 2.24) is 10.6 Å². The quantitative estimate of drug-likeness (QED) is 0.678. The lowest BCUT2D eigenvalue weighted by Gasteiger charge is -2.20. The van der Waals surface area contributed by atoms with Crippen LogP contribution in [0, 0.1) is 11.8 Å². The van der Waals surface area contributed by atoms with E-state index in [9.17, 15) is 14.4 Å². The Kier molecular flexibility index (Phi) is 5.32. The summed E-state index contributed by atoms with van der Waals surface area (Å²) in [5.74, 6) is -2.67. The first-order valence-corrected chi connectivity index (χ1v) is 6.66. The highest BCUT2D eigenvalue weighted by atomic mass is 16.4. The lowest BCUT2D eigenvalue weighted by atomic mass is 9.95. The second kappa shape index (κ2) is 6.54. The number of carbonyl (C=O) groups excluding carboxylic acids is 2. The molecule has 3 N–H and O–H groups in total. The maximum Gasteiger partial charge on any atom is 0.307 e. The topological polar surface area (TPSA) is 95.5 Å². The van der Waals surface area contributed by atoms with Crippen LogP contribution in [0.4, 0.5) is 0 Å². The van der Waals surface area contributed by atoms with Crippen molar-refractivity contribution in [1.29, 1.82) is 0 Å². The molecule has 3 atom stereocenters. The predicted octanol–water partition coefficient (Wildman–Crippen LogP) is 0.517. The van der Waals surface area contributed by atoms with E-state index in [0.29, 0.717) is 12.8 Å². The van der Waals surface area contributed by atoms with E-state index >= 15 is 0 Å². The molecule has 3 unspecified atom stereocenters. The van der Waals surface area contributed by atoms with E-state index in [1.54, 1.807) is 6.92 Å². The first kappa shape index (κ1) is 15.5. The van der Waals surface area contributed by atoms with Gasteiger partial charge in [-0.05, 0) is 33.6 Å². The van der Waals surface area contributed by atoms with Gasteiger partial charge in [0.15, 0.2) is 0 Å². The number of aliphatic carboxylic acids is 1. The molecule has 0 aliphatic heterocycles. The average Bonchev–Trinajstić information content (AvgIpc) is 2.76. The van der Waals surface area contributed by atoms with Gasteiger partial charge in [-0.2, -0.15) is 0 Å². The zero-order valence-electron chi connectivity index (χ0n) is 11.6. The van der Waals surface area contributed by atoms with Gasteiger partial charge in [0.25, 0.3) is 0 Å². The summed E-state index contributed by atoms with van der Waals surface area (Å²) in [5, 5.41) is 14.3. The third-order valence-electron chi connectivity index (χ3n) is 3.35. The molecule has 0 bridgehead atoms. The molecule has 0 heterocycles. The van der Waals surface area contributed by atoms with Crippen molar-refractivity contribution in [3.8, 4) is 0 Å². The Morgan fingerprint density at radius 3 is 2.16 bits per heavy atom. The molecule has 1 aliphatic carbocycles. The van der Waals surface area contributed by atoms with Crippen molar-refractivity contribution in [3.63, 3.8) is 0 Å². The van der Waals surface area contributed by atoms with E-state index in [2.05, 4.69) is 10.6 Å². The van der Waals surface area contributed by atoms with E-state index in [4.69, 9.17) is 5.11 Å². The fraction of sp³-hybridized carbons (Fsp3) is 0.769. The number of hydrogen-bond acceptors (Lipinski definition) is 3. The maximum atomic E-state index is 12.0. The van der Waals surface area contributed by atoms with Crippen LogP contribution in [-0.4, -0.2) is 35.0 Å². The fourth-order valence-electron chi connectivity index (χ4n) is 2.36. The molecule has 6 nitrogen and oxygen atoms in total. The molecule has 0 aromatic carbocycles. The smallest absolute Gasteiger partial charge is 0.307 e. The second-order valence-electron chi connectivity index (χ2n) is 5.38. The van der Waals surface area contributed by atoms with E-state index < -0.39 is 23.8 Å². The second-order valence-corrected chi connectivity index (χ2v) is 5.38. The molecule has 1 fully saturated rings. The van der Waals surface area contributed by atoms with Crippen molar-refractivity contribution >= 4 is 17.8 Å². The minimum Gasteiger partial charge on any atom is -0.481 e. The molecule has 0 radical (unpaired) electrons. The van der Waals surface area contributed by atoms with Gasteiger partial charge >= 0.3 is 5.97 Å². The molecule has 1 aliphatic rings. The number of hydrogen-bond donors (Lipinski definition) is 3. The molecular formula is C13H22N2O4. The van der Waals surface area contributed by atoms with Crippen LogP contribution >= 0.6 is 0 Å². The summed E-state index contributed by atoms with van der Waals surface area (Å²) in [6, 6.07) is -0.643. The summed E-state index contributed by atoms with van der Waals surface area (Å²) < 4.78 is 0. The van der Waals surface area contributed by atoms with Crippen molar-refractivity contribution in [2.24, 2.45) is 11.8 Å². The van der Waals surface area contributed by atoms with E-state index in [1.807, 2.05) is 13.8 Å². The molecule has 1 saturated carbocycles. The van der Waals surface area contributed by atoms with Crippen LogP contribution in [0.15, 0.2) is 0 Å². The zero-order chi connectivity index (χ0) is 14.6. The van der Waals surface area contributed by atoms with Gasteiger partial charge in [-0.1, -0.05) is 6.42 Å². The summed E-state index contributed by atoms with van der Waals surface area (Å²) in [6.07, 6.45) is 1.84. The van der Waals surface area contributed by atoms with Gasteiger partial charge in [0.2, 0.25) is 11.8 Å². The number of carboxylic acids is 1. The summed E-state index contributed by atoms with van der Waals surface area (Å²) in [6.45, 7) is 5.27. The largest absolute Gasteiger partial charge is 0.481 e. The molecule has 0 aromatic heterocycles. The first-order valence-electron chi connectivity index (χ1n) is 6.66. The lowest BCUT2D eigenvalue weighted by Crippen LogP contribution is -2.49. The lowest BCUT2D eigenvalue weighted by molar-refractivity contribution is -0.146. The molecule has 108 valence electrons. The Hall–Kier alpha value is -1.59. The molecule has 0 saturated heterocycles. The molecule has 19 heavy (non-hydrogen) atoms. The summed E-state index contributed by atoms with van der Waals surface area (Å²) in [7, 11) is 0. The normalized spacial score (nSPS) is 24.0. The van der Waals surface area contributed by atoms with Crippen LogP contribution in [0.2, 0.25) is 0 Å². The number of amides is 2. The molecule has 1 rings (SSSR count). The minimum atomic E-state index is -0.933. The monoisotopic (exact) mass is 270 g/mol. The van der Waals surface area contributed by atoms with Crippen LogP contribution in [-0.2, 0) is 14.4 Å². The van der Waals surface area contributed by atoms with Gasteiger partial charge in [-0.25, -0.2) is 0 Å². The van der Waals surface area contributed by atoms with Gasteiger partial charge in [-0.15, -0.1) is 0 Å². The third-order valence-corrected chi connectivity index (χ3v) is 3.35. The Labute approximate surface area is 112 Å². The highest BCUT2D eigenvalue weighted by Gasteiger charge is 2.38. The van der Waals surface area contributed by atoms with Crippen molar-refractivity contribution in [2.45, 2.75) is 52.1 Å². The van der Waals surface area contributed by atoms with Crippen molar-refractivity contribution in [2.75, 3.05) is 0 Å². The predicted molar refractivity (Wildman–Crippen MR) is 69.4 cm³/mol. The van der Waals surface area contributed by atoms with Gasteiger partial charge < -0.3 is 15.7 Å². The number of rotatable bonds is 5. The molecule has 2 amide bonds. The van der Waals surface area contributed by atoms with Gasteiger partial charge in [0, 0.05) is 6.04 Å². The Balaban J connectivity index is 2.54. The molecular weight excluding hydrogens is 248 g/mol. The Morgan fingerprint density at radius 1 is 1.05 bits per heavy atom. The molecule has 0 spiro atoms. The van der Waals surface area contributed by atoms with Gasteiger partial charge in [0.05, 0.1) is 11.8 Å². The van der Waals surface area contributed by atoms with Crippen molar-refractivity contribution < 1.29 is 19.5 Å². The summed E-state index contributed by atoms with van der Waals surface area (Å²) in [4.78, 5) is 34.7. The summed E-state index contributed by atoms with van der Waals surface area (Å²) >= 11 is 0. The highest BCUT2D eigenvalue weighted by molar-refractivity contribution is 5.90. The molecule has 6 heteroatoms. The SMILES string of the molecule is CC(C)NC(=O)C(C)NC(=O)C1CCCC1C(=O)O. The van der Waals surface area contributed by atoms with Crippen LogP contribution in [0.25, 0.3) is 0 Å². The average molecular weight is 270 g/mol.